The minimum absolute atomic E-state index is 0.141. The highest BCUT2D eigenvalue weighted by Crippen LogP contribution is 2.33. The molecule has 1 fully saturated rings. The normalized spacial score (nSPS) is 25.0. The highest BCUT2D eigenvalue weighted by atomic mass is 32.1. The number of carbonyl (C=O) groups excluding carboxylic acids is 2. The molecule has 0 aromatic carbocycles. The molecule has 3 unspecified atom stereocenters. The molecular formula is C16H25N3O2S. The molecule has 0 aliphatic heterocycles. The second kappa shape index (κ2) is 7.22. The number of hydrogen-bond donors (Lipinski definition) is 2. The summed E-state index contributed by atoms with van der Waals surface area (Å²) >= 11 is 1.27. The molecule has 6 heteroatoms. The lowest BCUT2D eigenvalue weighted by molar-refractivity contribution is -0.114. The molecule has 1 aromatic rings. The summed E-state index contributed by atoms with van der Waals surface area (Å²) in [5, 5.41) is 7.92. The predicted octanol–water partition coefficient (Wildman–Crippen LogP) is 3.29. The largest absolute Gasteiger partial charge is 0.348 e. The van der Waals surface area contributed by atoms with E-state index in [1.807, 2.05) is 0 Å². The van der Waals surface area contributed by atoms with Crippen LogP contribution in [0.5, 0.6) is 0 Å². The zero-order valence-corrected chi connectivity index (χ0v) is 14.5. The molecule has 1 aromatic heterocycles. The minimum Gasteiger partial charge on any atom is -0.348 e. The second-order valence-corrected chi connectivity index (χ2v) is 7.48. The van der Waals surface area contributed by atoms with Crippen molar-refractivity contribution in [3.05, 3.63) is 11.1 Å². The summed E-state index contributed by atoms with van der Waals surface area (Å²) in [6, 6.07) is 0.210. The van der Waals surface area contributed by atoms with E-state index in [0.717, 1.165) is 12.8 Å². The quantitative estimate of drug-likeness (QED) is 0.893. The number of hydrogen-bond acceptors (Lipinski definition) is 4. The van der Waals surface area contributed by atoms with E-state index in [1.54, 1.807) is 5.38 Å². The van der Waals surface area contributed by atoms with Crippen molar-refractivity contribution < 1.29 is 9.59 Å². The van der Waals surface area contributed by atoms with Crippen molar-refractivity contribution in [3.63, 3.8) is 0 Å². The van der Waals surface area contributed by atoms with Gasteiger partial charge in [-0.3, -0.25) is 9.59 Å². The number of aromatic nitrogens is 1. The van der Waals surface area contributed by atoms with Gasteiger partial charge in [0.05, 0.1) is 0 Å². The highest BCUT2D eigenvalue weighted by Gasteiger charge is 2.32. The van der Waals surface area contributed by atoms with Gasteiger partial charge in [0.25, 0.3) is 5.91 Å². The van der Waals surface area contributed by atoms with Crippen LogP contribution in [0.3, 0.4) is 0 Å². The van der Waals surface area contributed by atoms with Crippen LogP contribution in [0.1, 0.15) is 57.4 Å². The van der Waals surface area contributed by atoms with Crippen LogP contribution in [0.4, 0.5) is 5.13 Å². The Morgan fingerprint density at radius 1 is 1.36 bits per heavy atom. The molecule has 1 saturated carbocycles. The first-order valence-corrected chi connectivity index (χ1v) is 8.78. The molecule has 1 aliphatic carbocycles. The molecule has 0 spiro atoms. The van der Waals surface area contributed by atoms with E-state index in [0.29, 0.717) is 28.6 Å². The fourth-order valence-electron chi connectivity index (χ4n) is 3.20. The van der Waals surface area contributed by atoms with Crippen LogP contribution in [0.25, 0.3) is 0 Å². The Morgan fingerprint density at radius 3 is 2.73 bits per heavy atom. The Morgan fingerprint density at radius 2 is 2.09 bits per heavy atom. The number of anilines is 1. The van der Waals surface area contributed by atoms with Crippen molar-refractivity contribution in [2.75, 3.05) is 5.32 Å². The van der Waals surface area contributed by atoms with Gasteiger partial charge in [0, 0.05) is 18.3 Å². The SMILES string of the molecule is CC(=O)Nc1nc(C(=O)NC2CC(C)CCC2C(C)C)cs1. The van der Waals surface area contributed by atoms with Crippen LogP contribution in [-0.2, 0) is 4.79 Å². The van der Waals surface area contributed by atoms with Gasteiger partial charge in [0.15, 0.2) is 5.13 Å². The van der Waals surface area contributed by atoms with Crippen LogP contribution in [0.2, 0.25) is 0 Å². The van der Waals surface area contributed by atoms with Crippen LogP contribution < -0.4 is 10.6 Å². The monoisotopic (exact) mass is 323 g/mol. The fourth-order valence-corrected chi connectivity index (χ4v) is 3.93. The van der Waals surface area contributed by atoms with Gasteiger partial charge in [0.1, 0.15) is 5.69 Å². The van der Waals surface area contributed by atoms with Gasteiger partial charge in [0.2, 0.25) is 5.91 Å². The molecule has 1 heterocycles. The van der Waals surface area contributed by atoms with Gasteiger partial charge in [-0.1, -0.05) is 27.2 Å². The molecular weight excluding hydrogens is 298 g/mol. The lowest BCUT2D eigenvalue weighted by Gasteiger charge is -2.37. The summed E-state index contributed by atoms with van der Waals surface area (Å²) < 4.78 is 0. The third kappa shape index (κ3) is 4.29. The average Bonchev–Trinajstić information content (AvgIpc) is 2.86. The first-order valence-electron chi connectivity index (χ1n) is 7.90. The zero-order valence-electron chi connectivity index (χ0n) is 13.7. The summed E-state index contributed by atoms with van der Waals surface area (Å²) in [6.45, 7) is 8.11. The molecule has 122 valence electrons. The lowest BCUT2D eigenvalue weighted by Crippen LogP contribution is -2.45. The smallest absolute Gasteiger partial charge is 0.271 e. The van der Waals surface area contributed by atoms with Gasteiger partial charge in [-0.15, -0.1) is 11.3 Å². The molecule has 0 radical (unpaired) electrons. The van der Waals surface area contributed by atoms with E-state index in [-0.39, 0.29) is 17.9 Å². The highest BCUT2D eigenvalue weighted by molar-refractivity contribution is 7.14. The molecule has 5 nitrogen and oxygen atoms in total. The van der Waals surface area contributed by atoms with Crippen molar-refractivity contribution in [1.82, 2.24) is 10.3 Å². The molecule has 1 aliphatic rings. The number of thiazole rings is 1. The third-order valence-electron chi connectivity index (χ3n) is 4.36. The maximum atomic E-state index is 12.4. The van der Waals surface area contributed by atoms with Gasteiger partial charge in [-0.2, -0.15) is 0 Å². The van der Waals surface area contributed by atoms with Crippen LogP contribution in [-0.4, -0.2) is 22.8 Å². The number of rotatable bonds is 4. The minimum atomic E-state index is -0.178. The molecule has 2 N–H and O–H groups in total. The van der Waals surface area contributed by atoms with E-state index in [9.17, 15) is 9.59 Å². The van der Waals surface area contributed by atoms with Crippen molar-refractivity contribution in [2.24, 2.45) is 17.8 Å². The summed E-state index contributed by atoms with van der Waals surface area (Å²) in [5.74, 6) is 1.40. The molecule has 0 bridgehead atoms. The third-order valence-corrected chi connectivity index (χ3v) is 5.12. The van der Waals surface area contributed by atoms with E-state index in [1.165, 1.54) is 24.7 Å². The van der Waals surface area contributed by atoms with Crippen LogP contribution >= 0.6 is 11.3 Å². The van der Waals surface area contributed by atoms with Crippen molar-refractivity contribution >= 4 is 28.3 Å². The maximum absolute atomic E-state index is 12.4. The Kier molecular flexibility index (Phi) is 5.56. The zero-order chi connectivity index (χ0) is 16.3. The Balaban J connectivity index is 2.02. The van der Waals surface area contributed by atoms with Crippen LogP contribution in [0, 0.1) is 17.8 Å². The first kappa shape index (κ1) is 16.9. The summed E-state index contributed by atoms with van der Waals surface area (Å²) in [4.78, 5) is 27.6. The number of nitrogens with one attached hydrogen (secondary N) is 2. The van der Waals surface area contributed by atoms with Gasteiger partial charge in [-0.25, -0.2) is 4.98 Å². The standard InChI is InChI=1S/C16H25N3O2S/c1-9(2)12-6-5-10(3)7-13(12)18-15(21)14-8-22-16(19-14)17-11(4)20/h8-10,12-13H,5-7H2,1-4H3,(H,18,21)(H,17,19,20). The fraction of sp³-hybridized carbons (Fsp3) is 0.688. The number of carbonyl (C=O) groups is 2. The van der Waals surface area contributed by atoms with Crippen molar-refractivity contribution in [1.29, 1.82) is 0 Å². The molecule has 2 amide bonds. The summed E-state index contributed by atoms with van der Waals surface area (Å²) in [5.41, 5.74) is 0.384. The van der Waals surface area contributed by atoms with Crippen LogP contribution in [0.15, 0.2) is 5.38 Å². The summed E-state index contributed by atoms with van der Waals surface area (Å²) in [7, 11) is 0. The molecule has 0 saturated heterocycles. The Hall–Kier alpha value is -1.43. The average molecular weight is 323 g/mol. The second-order valence-electron chi connectivity index (χ2n) is 6.63. The van der Waals surface area contributed by atoms with E-state index in [2.05, 4.69) is 36.4 Å². The van der Waals surface area contributed by atoms with E-state index >= 15 is 0 Å². The molecule has 3 atom stereocenters. The van der Waals surface area contributed by atoms with E-state index in [4.69, 9.17) is 0 Å². The number of nitrogens with zero attached hydrogens (tertiary/aromatic N) is 1. The maximum Gasteiger partial charge on any atom is 0.271 e. The Labute approximate surface area is 135 Å². The van der Waals surface area contributed by atoms with E-state index < -0.39 is 0 Å². The van der Waals surface area contributed by atoms with Crippen molar-refractivity contribution in [2.45, 2.75) is 53.0 Å². The van der Waals surface area contributed by atoms with Crippen molar-refractivity contribution in [3.8, 4) is 0 Å². The summed E-state index contributed by atoms with van der Waals surface area (Å²) in [6.07, 6.45) is 3.42. The van der Waals surface area contributed by atoms with Gasteiger partial charge >= 0.3 is 0 Å². The molecule has 2 rings (SSSR count). The Bertz CT molecular complexity index is 541. The topological polar surface area (TPSA) is 71.1 Å². The first-order chi connectivity index (χ1) is 10.4. The van der Waals surface area contributed by atoms with Gasteiger partial charge in [-0.05, 0) is 30.6 Å². The predicted molar refractivity (Wildman–Crippen MR) is 89.0 cm³/mol. The molecule has 22 heavy (non-hydrogen) atoms. The number of amides is 2. The van der Waals surface area contributed by atoms with Gasteiger partial charge < -0.3 is 10.6 Å². The lowest BCUT2D eigenvalue weighted by atomic mass is 9.74.